The van der Waals surface area contributed by atoms with E-state index in [1.807, 2.05) is 49.4 Å². The van der Waals surface area contributed by atoms with E-state index in [4.69, 9.17) is 14.6 Å². The number of nitrogens with two attached hydrogens (primary N) is 1. The number of aromatic nitrogens is 6. The second-order valence-corrected chi connectivity index (χ2v) is 8.01. The van der Waals surface area contributed by atoms with E-state index in [9.17, 15) is 4.79 Å². The topological polar surface area (TPSA) is 130 Å². The number of oxazole rings is 2. The summed E-state index contributed by atoms with van der Waals surface area (Å²) in [6, 6.07) is 13.5. The van der Waals surface area contributed by atoms with Crippen molar-refractivity contribution in [2.75, 3.05) is 5.73 Å². The molecule has 0 atom stereocenters. The lowest BCUT2D eigenvalue weighted by Gasteiger charge is -2.12. The van der Waals surface area contributed by atoms with E-state index in [0.717, 1.165) is 22.2 Å². The zero-order chi connectivity index (χ0) is 23.4. The van der Waals surface area contributed by atoms with Gasteiger partial charge in [0.15, 0.2) is 24.0 Å². The summed E-state index contributed by atoms with van der Waals surface area (Å²) in [6.07, 6.45) is 2.76. The van der Waals surface area contributed by atoms with Gasteiger partial charge in [0.2, 0.25) is 5.95 Å². The smallest absolute Gasteiger partial charge is 0.353 e. The largest absolute Gasteiger partial charge is 0.448 e. The number of hydrogen-bond acceptors (Lipinski definition) is 8. The highest BCUT2D eigenvalue weighted by molar-refractivity contribution is 5.94. The van der Waals surface area contributed by atoms with Crippen LogP contribution in [0, 0.1) is 13.8 Å². The van der Waals surface area contributed by atoms with Gasteiger partial charge in [0.05, 0.1) is 17.8 Å². The molecule has 0 spiro atoms. The Bertz CT molecular complexity index is 1740. The van der Waals surface area contributed by atoms with Crippen LogP contribution in [0.1, 0.15) is 17.0 Å². The van der Waals surface area contributed by atoms with Crippen molar-refractivity contribution in [2.24, 2.45) is 0 Å². The second-order valence-electron chi connectivity index (χ2n) is 8.01. The lowest BCUT2D eigenvalue weighted by molar-refractivity contribution is 0.521. The standard InChI is InChI=1S/C24H19N7O3/c1-13-8-16(9-18-20(13)27-12-34-18)19-21(15-6-4-3-5-7-15)28-23(25)31-22(19)29-30(24(31)32)10-17-14(2)33-11-26-17/h3-9,11-12H,10H2,1-2H3,(H2,25,28). The number of nitrogens with zero attached hydrogens (tertiary/aromatic N) is 6. The monoisotopic (exact) mass is 453 g/mol. The van der Waals surface area contributed by atoms with Crippen molar-refractivity contribution in [3.05, 3.63) is 82.8 Å². The van der Waals surface area contributed by atoms with Gasteiger partial charge in [-0.25, -0.2) is 28.8 Å². The molecule has 2 aromatic carbocycles. The first-order valence-corrected chi connectivity index (χ1v) is 10.6. The first-order valence-electron chi connectivity index (χ1n) is 10.6. The third-order valence-corrected chi connectivity index (χ3v) is 5.86. The zero-order valence-electron chi connectivity index (χ0n) is 18.4. The maximum Gasteiger partial charge on any atom is 0.353 e. The van der Waals surface area contributed by atoms with Gasteiger partial charge in [-0.2, -0.15) is 0 Å². The Morgan fingerprint density at radius 1 is 1.00 bits per heavy atom. The van der Waals surface area contributed by atoms with Crippen molar-refractivity contribution >= 4 is 22.7 Å². The summed E-state index contributed by atoms with van der Waals surface area (Å²) in [5.74, 6) is 0.662. The van der Waals surface area contributed by atoms with E-state index in [1.54, 1.807) is 6.92 Å². The maximum atomic E-state index is 13.3. The van der Waals surface area contributed by atoms with Crippen LogP contribution in [-0.4, -0.2) is 29.1 Å². The lowest BCUT2D eigenvalue weighted by Crippen LogP contribution is -2.24. The number of rotatable bonds is 4. The summed E-state index contributed by atoms with van der Waals surface area (Å²) in [7, 11) is 0. The molecule has 10 heteroatoms. The number of benzene rings is 2. The molecule has 0 aliphatic heterocycles. The minimum absolute atomic E-state index is 0.0446. The Kier molecular flexibility index (Phi) is 4.34. The molecule has 0 aliphatic rings. The predicted molar refractivity (Wildman–Crippen MR) is 125 cm³/mol. The molecule has 0 aliphatic carbocycles. The van der Waals surface area contributed by atoms with E-state index in [-0.39, 0.29) is 12.5 Å². The third-order valence-electron chi connectivity index (χ3n) is 5.86. The molecule has 6 aromatic rings. The van der Waals surface area contributed by atoms with Gasteiger partial charge in [-0.3, -0.25) is 0 Å². The Morgan fingerprint density at radius 2 is 1.79 bits per heavy atom. The van der Waals surface area contributed by atoms with Gasteiger partial charge in [0, 0.05) is 5.56 Å². The van der Waals surface area contributed by atoms with E-state index in [2.05, 4.69) is 20.1 Å². The van der Waals surface area contributed by atoms with Gasteiger partial charge in [-0.05, 0) is 37.1 Å². The fraction of sp³-hybridized carbons (Fsp3) is 0.125. The molecule has 0 fully saturated rings. The normalized spacial score (nSPS) is 11.6. The molecule has 0 bridgehead atoms. The summed E-state index contributed by atoms with van der Waals surface area (Å²) in [5.41, 5.74) is 12.1. The summed E-state index contributed by atoms with van der Waals surface area (Å²) >= 11 is 0. The number of aryl methyl sites for hydroxylation is 2. The van der Waals surface area contributed by atoms with Crippen LogP contribution >= 0.6 is 0 Å². The number of anilines is 1. The highest BCUT2D eigenvalue weighted by atomic mass is 16.3. The number of hydrogen-bond donors (Lipinski definition) is 1. The second kappa shape index (κ2) is 7.41. The van der Waals surface area contributed by atoms with Crippen molar-refractivity contribution in [3.8, 4) is 22.4 Å². The molecule has 4 aromatic heterocycles. The van der Waals surface area contributed by atoms with E-state index in [0.29, 0.717) is 33.9 Å². The summed E-state index contributed by atoms with van der Waals surface area (Å²) < 4.78 is 13.5. The molecule has 0 saturated heterocycles. The van der Waals surface area contributed by atoms with Crippen LogP contribution in [0.5, 0.6) is 0 Å². The van der Waals surface area contributed by atoms with Gasteiger partial charge >= 0.3 is 5.69 Å². The van der Waals surface area contributed by atoms with Gasteiger partial charge in [-0.1, -0.05) is 30.3 Å². The average molecular weight is 453 g/mol. The van der Waals surface area contributed by atoms with Crippen LogP contribution in [0.4, 0.5) is 5.95 Å². The first-order chi connectivity index (χ1) is 16.5. The van der Waals surface area contributed by atoms with Crippen LogP contribution < -0.4 is 11.4 Å². The minimum atomic E-state index is -0.416. The van der Waals surface area contributed by atoms with Crippen LogP contribution in [0.15, 0.2) is 68.9 Å². The zero-order valence-corrected chi connectivity index (χ0v) is 18.4. The van der Waals surface area contributed by atoms with E-state index >= 15 is 0 Å². The molecule has 0 saturated carbocycles. The SMILES string of the molecule is Cc1ocnc1Cn1nc2c(-c3cc(C)c4ncoc4c3)c(-c3ccccc3)nc(N)n2c1=O. The fourth-order valence-electron chi connectivity index (χ4n) is 4.18. The molecule has 0 unspecified atom stereocenters. The Morgan fingerprint density at radius 3 is 2.56 bits per heavy atom. The molecule has 6 rings (SSSR count). The maximum absolute atomic E-state index is 13.3. The molecule has 0 radical (unpaired) electrons. The van der Waals surface area contributed by atoms with Gasteiger partial charge in [0.1, 0.15) is 17.0 Å². The van der Waals surface area contributed by atoms with Gasteiger partial charge in [-0.15, -0.1) is 5.10 Å². The Labute approximate surface area is 192 Å². The average Bonchev–Trinajstić information content (AvgIpc) is 3.55. The van der Waals surface area contributed by atoms with Crippen molar-refractivity contribution < 1.29 is 8.83 Å². The molecule has 34 heavy (non-hydrogen) atoms. The highest BCUT2D eigenvalue weighted by Gasteiger charge is 2.23. The van der Waals surface area contributed by atoms with Gasteiger partial charge < -0.3 is 14.6 Å². The Balaban J connectivity index is 1.69. The number of fused-ring (bicyclic) bond motifs is 2. The van der Waals surface area contributed by atoms with Crippen LogP contribution in [-0.2, 0) is 6.54 Å². The van der Waals surface area contributed by atoms with Crippen LogP contribution in [0.25, 0.3) is 39.1 Å². The van der Waals surface area contributed by atoms with Crippen LogP contribution in [0.3, 0.4) is 0 Å². The predicted octanol–water partition coefficient (Wildman–Crippen LogP) is 3.60. The van der Waals surface area contributed by atoms with E-state index in [1.165, 1.54) is 21.9 Å². The highest BCUT2D eigenvalue weighted by Crippen LogP contribution is 2.36. The summed E-state index contributed by atoms with van der Waals surface area (Å²) in [6.45, 7) is 3.88. The minimum Gasteiger partial charge on any atom is -0.448 e. The van der Waals surface area contributed by atoms with E-state index < -0.39 is 5.69 Å². The Hall–Kier alpha value is -4.73. The molecule has 0 amide bonds. The van der Waals surface area contributed by atoms with Crippen molar-refractivity contribution in [1.82, 2.24) is 29.1 Å². The molecule has 10 nitrogen and oxygen atoms in total. The number of nitrogen functional groups attached to an aromatic ring is 1. The molecule has 2 N–H and O–H groups in total. The third kappa shape index (κ3) is 2.99. The molecular formula is C24H19N7O3. The fourth-order valence-corrected chi connectivity index (χ4v) is 4.18. The van der Waals surface area contributed by atoms with Gasteiger partial charge in [0.25, 0.3) is 0 Å². The first kappa shape index (κ1) is 19.9. The quantitative estimate of drug-likeness (QED) is 0.428. The summed E-state index contributed by atoms with van der Waals surface area (Å²) in [5, 5.41) is 4.67. The molecule has 4 heterocycles. The van der Waals surface area contributed by atoms with Crippen molar-refractivity contribution in [3.63, 3.8) is 0 Å². The molecule has 168 valence electrons. The van der Waals surface area contributed by atoms with Crippen molar-refractivity contribution in [1.29, 1.82) is 0 Å². The lowest BCUT2D eigenvalue weighted by atomic mass is 9.98. The van der Waals surface area contributed by atoms with Crippen molar-refractivity contribution in [2.45, 2.75) is 20.4 Å². The summed E-state index contributed by atoms with van der Waals surface area (Å²) in [4.78, 5) is 26.4. The van der Waals surface area contributed by atoms with Crippen LogP contribution in [0.2, 0.25) is 0 Å². The molecular weight excluding hydrogens is 434 g/mol.